The van der Waals surface area contributed by atoms with Gasteiger partial charge in [-0.3, -0.25) is 14.7 Å². The summed E-state index contributed by atoms with van der Waals surface area (Å²) in [6.45, 7) is 5.33. The Labute approximate surface area is 173 Å². The Kier molecular flexibility index (Phi) is 5.70. The number of hydrogen-bond acceptors (Lipinski definition) is 3. The molecule has 1 unspecified atom stereocenters. The van der Waals surface area contributed by atoms with Crippen LogP contribution in [0.15, 0.2) is 72.6 Å². The van der Waals surface area contributed by atoms with Gasteiger partial charge in [0.15, 0.2) is 0 Å². The molecule has 0 bridgehead atoms. The SMILES string of the molecule is C1=CC2CC2=C1.CCCCN(c1ccncc1N)n1c(CC)cc2ccccc21. The van der Waals surface area contributed by atoms with Gasteiger partial charge in [-0.15, -0.1) is 0 Å². The molecule has 1 aromatic carbocycles. The van der Waals surface area contributed by atoms with Crippen molar-refractivity contribution in [2.75, 3.05) is 17.3 Å². The summed E-state index contributed by atoms with van der Waals surface area (Å²) < 4.78 is 2.32. The van der Waals surface area contributed by atoms with Crippen LogP contribution in [0.2, 0.25) is 0 Å². The molecule has 4 heteroatoms. The Hall–Kier alpha value is -3.01. The number of nitrogens with zero attached hydrogens (tertiary/aromatic N) is 3. The first kappa shape index (κ1) is 19.3. The highest BCUT2D eigenvalue weighted by Crippen LogP contribution is 2.42. The van der Waals surface area contributed by atoms with Crippen LogP contribution in [-0.4, -0.2) is 16.2 Å². The number of pyridine rings is 1. The first-order valence-corrected chi connectivity index (χ1v) is 10.7. The van der Waals surface area contributed by atoms with Gasteiger partial charge in [-0.25, -0.2) is 0 Å². The van der Waals surface area contributed by atoms with Gasteiger partial charge in [-0.2, -0.15) is 0 Å². The number of aromatic nitrogens is 2. The average Bonchev–Trinajstić information content (AvgIpc) is 3.18. The molecule has 0 amide bonds. The van der Waals surface area contributed by atoms with Crippen molar-refractivity contribution in [3.8, 4) is 0 Å². The van der Waals surface area contributed by atoms with Gasteiger partial charge in [0.1, 0.15) is 0 Å². The van der Waals surface area contributed by atoms with Crippen molar-refractivity contribution in [2.45, 2.75) is 39.5 Å². The molecule has 4 nitrogen and oxygen atoms in total. The van der Waals surface area contributed by atoms with Crippen molar-refractivity contribution < 1.29 is 0 Å². The van der Waals surface area contributed by atoms with Crippen LogP contribution in [0, 0.1) is 5.92 Å². The molecule has 2 aliphatic rings. The minimum absolute atomic E-state index is 0.712. The Morgan fingerprint density at radius 2 is 2.07 bits per heavy atom. The Morgan fingerprint density at radius 3 is 2.69 bits per heavy atom. The van der Waals surface area contributed by atoms with Gasteiger partial charge in [0.05, 0.1) is 23.1 Å². The van der Waals surface area contributed by atoms with Crippen LogP contribution in [0.5, 0.6) is 0 Å². The first-order chi connectivity index (χ1) is 14.2. The average molecular weight is 387 g/mol. The largest absolute Gasteiger partial charge is 0.396 e. The third-order valence-corrected chi connectivity index (χ3v) is 5.62. The van der Waals surface area contributed by atoms with Gasteiger partial charge < -0.3 is 5.73 Å². The summed E-state index contributed by atoms with van der Waals surface area (Å²) in [4.78, 5) is 4.13. The fraction of sp³-hybridized carbons (Fsp3) is 0.320. The molecule has 0 radical (unpaired) electrons. The lowest BCUT2D eigenvalue weighted by Crippen LogP contribution is -2.32. The maximum Gasteiger partial charge on any atom is 0.0838 e. The number of anilines is 2. The highest BCUT2D eigenvalue weighted by molar-refractivity contribution is 5.83. The molecule has 2 N–H and O–H groups in total. The Morgan fingerprint density at radius 1 is 1.21 bits per heavy atom. The number of para-hydroxylation sites is 1. The first-order valence-electron chi connectivity index (χ1n) is 10.7. The van der Waals surface area contributed by atoms with Gasteiger partial charge in [-0.05, 0) is 37.5 Å². The van der Waals surface area contributed by atoms with Crippen molar-refractivity contribution >= 4 is 22.3 Å². The van der Waals surface area contributed by atoms with E-state index >= 15 is 0 Å². The van der Waals surface area contributed by atoms with Crippen LogP contribution < -0.4 is 10.7 Å². The summed E-state index contributed by atoms with van der Waals surface area (Å²) in [6.07, 6.45) is 14.7. The molecule has 2 aromatic heterocycles. The molecule has 1 fully saturated rings. The standard InChI is InChI=1S/C19H24N4.C6H6/c1-3-5-12-22(19-10-11-21-14-17(19)20)23-16(4-2)13-15-8-6-7-9-18(15)23;1-2-5-4-6(5)3-1/h6-11,13-14H,3-5,12,20H2,1-2H3;1-3,5H,4H2. The van der Waals surface area contributed by atoms with Crippen LogP contribution in [-0.2, 0) is 6.42 Å². The third kappa shape index (κ3) is 4.07. The van der Waals surface area contributed by atoms with E-state index in [2.05, 4.69) is 77.1 Å². The highest BCUT2D eigenvalue weighted by Gasteiger charge is 2.28. The maximum absolute atomic E-state index is 6.22. The number of rotatable bonds is 6. The molecule has 3 aromatic rings. The van der Waals surface area contributed by atoms with E-state index in [9.17, 15) is 0 Å². The van der Waals surface area contributed by atoms with Crippen molar-refractivity contribution in [1.29, 1.82) is 0 Å². The van der Waals surface area contributed by atoms with Crippen molar-refractivity contribution in [3.63, 3.8) is 0 Å². The van der Waals surface area contributed by atoms with Gasteiger partial charge in [-0.1, -0.05) is 62.3 Å². The Bertz CT molecular complexity index is 1040. The highest BCUT2D eigenvalue weighted by atomic mass is 15.6. The minimum Gasteiger partial charge on any atom is -0.396 e. The van der Waals surface area contributed by atoms with Crippen molar-refractivity contribution in [3.05, 3.63) is 78.3 Å². The summed E-state index contributed by atoms with van der Waals surface area (Å²) in [5.74, 6) is 0.894. The monoisotopic (exact) mass is 386 g/mol. The summed E-state index contributed by atoms with van der Waals surface area (Å²) >= 11 is 0. The molecule has 29 heavy (non-hydrogen) atoms. The second-order valence-electron chi connectivity index (χ2n) is 7.71. The normalized spacial score (nSPS) is 16.2. The molecule has 0 aliphatic heterocycles. The topological polar surface area (TPSA) is 47.1 Å². The fourth-order valence-electron chi connectivity index (χ4n) is 3.90. The maximum atomic E-state index is 6.22. The zero-order valence-corrected chi connectivity index (χ0v) is 17.4. The number of nitrogens with two attached hydrogens (primary N) is 1. The molecule has 0 spiro atoms. The number of nitrogen functional groups attached to an aromatic ring is 1. The van der Waals surface area contributed by atoms with Crippen LogP contribution in [0.25, 0.3) is 10.9 Å². The number of unbranched alkanes of at least 4 members (excludes halogenated alkanes) is 1. The van der Waals surface area contributed by atoms with Crippen LogP contribution in [0.1, 0.15) is 38.8 Å². The van der Waals surface area contributed by atoms with E-state index in [1.807, 2.05) is 12.3 Å². The lowest BCUT2D eigenvalue weighted by atomic mass is 10.2. The van der Waals surface area contributed by atoms with Crippen LogP contribution in [0.4, 0.5) is 11.4 Å². The molecule has 150 valence electrons. The van der Waals surface area contributed by atoms with Gasteiger partial charge in [0.25, 0.3) is 0 Å². The molecule has 1 atom stereocenters. The quantitative estimate of drug-likeness (QED) is 0.586. The number of aryl methyl sites for hydroxylation is 1. The van der Waals surface area contributed by atoms with E-state index in [4.69, 9.17) is 5.73 Å². The lowest BCUT2D eigenvalue weighted by Gasteiger charge is -2.29. The van der Waals surface area contributed by atoms with Crippen molar-refractivity contribution in [2.24, 2.45) is 5.92 Å². The number of benzene rings is 1. The minimum atomic E-state index is 0.712. The molecular weight excluding hydrogens is 356 g/mol. The van der Waals surface area contributed by atoms with Crippen molar-refractivity contribution in [1.82, 2.24) is 9.66 Å². The molecular formula is C25H30N4. The molecule has 2 heterocycles. The molecule has 2 aliphatic carbocycles. The smallest absolute Gasteiger partial charge is 0.0838 e. The zero-order valence-electron chi connectivity index (χ0n) is 17.4. The van der Waals surface area contributed by atoms with E-state index in [0.29, 0.717) is 5.69 Å². The molecule has 0 saturated heterocycles. The van der Waals surface area contributed by atoms with Gasteiger partial charge in [0, 0.05) is 29.7 Å². The predicted molar refractivity (Wildman–Crippen MR) is 123 cm³/mol. The summed E-state index contributed by atoms with van der Waals surface area (Å²) in [5.41, 5.74) is 12.1. The summed E-state index contributed by atoms with van der Waals surface area (Å²) in [7, 11) is 0. The van der Waals surface area contributed by atoms with Crippen LogP contribution in [0.3, 0.4) is 0 Å². The third-order valence-electron chi connectivity index (χ3n) is 5.62. The summed E-state index contributed by atoms with van der Waals surface area (Å²) in [5, 5.41) is 3.56. The van der Waals surface area contributed by atoms with E-state index < -0.39 is 0 Å². The predicted octanol–water partition coefficient (Wildman–Crippen LogP) is 5.75. The molecule has 1 saturated carbocycles. The second kappa shape index (κ2) is 8.56. The van der Waals surface area contributed by atoms with Crippen LogP contribution >= 0.6 is 0 Å². The van der Waals surface area contributed by atoms with E-state index in [-0.39, 0.29) is 0 Å². The van der Waals surface area contributed by atoms with E-state index in [1.165, 1.54) is 23.0 Å². The van der Waals surface area contributed by atoms with Gasteiger partial charge >= 0.3 is 0 Å². The zero-order chi connectivity index (χ0) is 20.2. The number of allylic oxidation sites excluding steroid dienone is 4. The number of hydrogen-bond donors (Lipinski definition) is 1. The molecule has 5 rings (SSSR count). The van der Waals surface area contributed by atoms with E-state index in [0.717, 1.165) is 37.4 Å². The van der Waals surface area contributed by atoms with Gasteiger partial charge in [0.2, 0.25) is 0 Å². The number of fused-ring (bicyclic) bond motifs is 2. The second-order valence-corrected chi connectivity index (χ2v) is 7.71. The van der Waals surface area contributed by atoms with E-state index in [1.54, 1.807) is 11.8 Å². The lowest BCUT2D eigenvalue weighted by molar-refractivity contribution is 0.644. The Balaban J connectivity index is 0.000000286. The fourth-order valence-corrected chi connectivity index (χ4v) is 3.90. The summed E-state index contributed by atoms with van der Waals surface area (Å²) in [6, 6.07) is 12.8.